The van der Waals surface area contributed by atoms with E-state index in [1.165, 1.54) is 18.3 Å². The van der Waals surface area contributed by atoms with E-state index in [2.05, 4.69) is 9.72 Å². The molecule has 1 aromatic rings. The van der Waals surface area contributed by atoms with Crippen LogP contribution in [0.4, 0.5) is 8.78 Å². The van der Waals surface area contributed by atoms with Gasteiger partial charge < -0.3 is 9.64 Å². The van der Waals surface area contributed by atoms with E-state index in [4.69, 9.17) is 14.3 Å². The van der Waals surface area contributed by atoms with E-state index in [-0.39, 0.29) is 23.0 Å². The van der Waals surface area contributed by atoms with Gasteiger partial charge in [0.2, 0.25) is 0 Å². The number of rotatable bonds is 5. The van der Waals surface area contributed by atoms with Crippen LogP contribution < -0.4 is 0 Å². The fourth-order valence-electron chi connectivity index (χ4n) is 1.49. The molecule has 0 radical (unpaired) electrons. The number of aromatic nitrogens is 1. The molecule has 1 aliphatic rings. The SMILES string of the molecule is [2H]C([2H])(c1ccc(Cl)nc1)N(CC(F)F)C1=CC(=O)OC1. The number of halogens is 3. The van der Waals surface area contributed by atoms with Gasteiger partial charge in [-0.05, 0) is 11.6 Å². The second-order valence-electron chi connectivity index (χ2n) is 3.73. The Morgan fingerprint density at radius 3 is 2.89 bits per heavy atom. The van der Waals surface area contributed by atoms with E-state index in [1.54, 1.807) is 0 Å². The smallest absolute Gasteiger partial charge is 0.333 e. The molecule has 0 fully saturated rings. The van der Waals surface area contributed by atoms with Crippen molar-refractivity contribution in [2.75, 3.05) is 13.2 Å². The average Bonchev–Trinajstić information content (AvgIpc) is 2.82. The summed E-state index contributed by atoms with van der Waals surface area (Å²) in [6.45, 7) is -3.40. The molecule has 0 amide bonds. The van der Waals surface area contributed by atoms with Crippen LogP contribution in [0.5, 0.6) is 0 Å². The van der Waals surface area contributed by atoms with Crippen molar-refractivity contribution >= 4 is 17.6 Å². The molecule has 2 heterocycles. The number of hydrogen-bond donors (Lipinski definition) is 0. The van der Waals surface area contributed by atoms with E-state index in [0.29, 0.717) is 0 Å². The predicted octanol–water partition coefficient (Wildman–Crippen LogP) is 2.24. The molecule has 2 rings (SSSR count). The molecule has 0 saturated heterocycles. The van der Waals surface area contributed by atoms with E-state index in [0.717, 1.165) is 11.0 Å². The number of carbonyl (C=O) groups is 1. The van der Waals surface area contributed by atoms with Crippen molar-refractivity contribution in [1.82, 2.24) is 9.88 Å². The Hall–Kier alpha value is -1.69. The summed E-state index contributed by atoms with van der Waals surface area (Å²) in [5, 5.41) is 0.161. The predicted molar refractivity (Wildman–Crippen MR) is 64.7 cm³/mol. The number of esters is 1. The second-order valence-corrected chi connectivity index (χ2v) is 4.11. The second kappa shape index (κ2) is 5.97. The average molecular weight is 291 g/mol. The van der Waals surface area contributed by atoms with Crippen LogP contribution in [0.25, 0.3) is 0 Å². The van der Waals surface area contributed by atoms with Crippen LogP contribution in [-0.2, 0) is 16.0 Å². The molecule has 0 saturated carbocycles. The number of alkyl halides is 2. The fourth-order valence-corrected chi connectivity index (χ4v) is 1.60. The van der Waals surface area contributed by atoms with Crippen LogP contribution >= 0.6 is 11.6 Å². The standard InChI is InChI=1S/C12H11ClF2N2O2/c13-10-2-1-8(4-16-10)5-17(6-11(14)15)9-3-12(18)19-7-9/h1-4,11H,5-7H2/i5D2. The molecular weight excluding hydrogens is 278 g/mol. The van der Waals surface area contributed by atoms with Crippen LogP contribution in [-0.4, -0.2) is 35.4 Å². The van der Waals surface area contributed by atoms with Crippen molar-refractivity contribution in [2.45, 2.75) is 12.9 Å². The minimum atomic E-state index is -2.78. The first kappa shape index (κ1) is 11.2. The lowest BCUT2D eigenvalue weighted by atomic mass is 10.2. The summed E-state index contributed by atoms with van der Waals surface area (Å²) in [6, 6.07) is 2.71. The maximum absolute atomic E-state index is 12.7. The van der Waals surface area contributed by atoms with Gasteiger partial charge in [0.05, 0.1) is 15.0 Å². The van der Waals surface area contributed by atoms with Crippen LogP contribution in [0.1, 0.15) is 8.30 Å². The molecule has 0 atom stereocenters. The summed E-state index contributed by atoms with van der Waals surface area (Å²) >= 11 is 5.63. The Bertz CT molecular complexity index is 567. The molecule has 4 nitrogen and oxygen atoms in total. The lowest BCUT2D eigenvalue weighted by molar-refractivity contribution is -0.135. The minimum Gasteiger partial charge on any atom is -0.456 e. The first-order valence-corrected chi connectivity index (χ1v) is 5.73. The third-order valence-corrected chi connectivity index (χ3v) is 2.53. The van der Waals surface area contributed by atoms with Crippen molar-refractivity contribution in [3.05, 3.63) is 40.8 Å². The van der Waals surface area contributed by atoms with E-state index < -0.39 is 25.4 Å². The number of pyridine rings is 1. The lowest BCUT2D eigenvalue weighted by Crippen LogP contribution is -2.28. The van der Waals surface area contributed by atoms with Crippen LogP contribution in [0.15, 0.2) is 30.1 Å². The molecule has 1 aromatic heterocycles. The summed E-state index contributed by atoms with van der Waals surface area (Å²) < 4.78 is 46.3. The van der Waals surface area contributed by atoms with E-state index in [9.17, 15) is 13.6 Å². The molecule has 0 aliphatic carbocycles. The topological polar surface area (TPSA) is 42.4 Å². The highest BCUT2D eigenvalue weighted by atomic mass is 35.5. The molecule has 7 heteroatoms. The summed E-state index contributed by atoms with van der Waals surface area (Å²) in [7, 11) is 0. The van der Waals surface area contributed by atoms with Gasteiger partial charge in [-0.15, -0.1) is 0 Å². The Labute approximate surface area is 116 Å². The Morgan fingerprint density at radius 1 is 1.58 bits per heavy atom. The molecule has 0 aromatic carbocycles. The summed E-state index contributed by atoms with van der Waals surface area (Å²) in [4.78, 5) is 15.6. The highest BCUT2D eigenvalue weighted by Crippen LogP contribution is 2.17. The molecule has 0 spiro atoms. The zero-order valence-electron chi connectivity index (χ0n) is 11.6. The van der Waals surface area contributed by atoms with Crippen LogP contribution in [0.3, 0.4) is 0 Å². The Balaban J connectivity index is 2.36. The molecule has 102 valence electrons. The molecule has 19 heavy (non-hydrogen) atoms. The first-order chi connectivity index (χ1) is 9.80. The highest BCUT2D eigenvalue weighted by Gasteiger charge is 2.22. The zero-order valence-corrected chi connectivity index (χ0v) is 10.4. The van der Waals surface area contributed by atoms with Gasteiger partial charge in [0.25, 0.3) is 6.43 Å². The molecular formula is C12H11ClF2N2O2. The molecule has 1 aliphatic heterocycles. The summed E-state index contributed by atoms with van der Waals surface area (Å²) in [5.41, 5.74) is 0.105. The number of cyclic esters (lactones) is 1. The number of nitrogens with zero attached hydrogens (tertiary/aromatic N) is 2. The van der Waals surface area contributed by atoms with E-state index >= 15 is 0 Å². The third kappa shape index (κ3) is 3.89. The fraction of sp³-hybridized carbons (Fsp3) is 0.333. The van der Waals surface area contributed by atoms with Crippen LogP contribution in [0, 0.1) is 0 Å². The minimum absolute atomic E-state index is 0.0489. The number of hydrogen-bond acceptors (Lipinski definition) is 4. The Morgan fingerprint density at radius 2 is 2.37 bits per heavy atom. The lowest BCUT2D eigenvalue weighted by Gasteiger charge is -2.24. The van der Waals surface area contributed by atoms with Gasteiger partial charge in [-0.2, -0.15) is 0 Å². The number of ether oxygens (including phenoxy) is 1. The van der Waals surface area contributed by atoms with Crippen molar-refractivity contribution in [3.63, 3.8) is 0 Å². The third-order valence-electron chi connectivity index (χ3n) is 2.31. The quantitative estimate of drug-likeness (QED) is 0.616. The van der Waals surface area contributed by atoms with Gasteiger partial charge in [-0.25, -0.2) is 18.6 Å². The summed E-state index contributed by atoms with van der Waals surface area (Å²) in [6.07, 6.45) is -0.611. The zero-order chi connectivity index (χ0) is 15.6. The Kier molecular flexibility index (Phi) is 3.51. The van der Waals surface area contributed by atoms with Crippen molar-refractivity contribution in [2.24, 2.45) is 0 Å². The largest absolute Gasteiger partial charge is 0.456 e. The molecule has 0 unspecified atom stereocenters. The number of carbonyl (C=O) groups excluding carboxylic acids is 1. The maximum atomic E-state index is 12.7. The van der Waals surface area contributed by atoms with Gasteiger partial charge >= 0.3 is 5.97 Å². The van der Waals surface area contributed by atoms with E-state index in [1.807, 2.05) is 0 Å². The van der Waals surface area contributed by atoms with Crippen molar-refractivity contribution < 1.29 is 21.1 Å². The van der Waals surface area contributed by atoms with Crippen molar-refractivity contribution in [3.8, 4) is 0 Å². The van der Waals surface area contributed by atoms with Gasteiger partial charge in [0.15, 0.2) is 0 Å². The normalized spacial score (nSPS) is 16.8. The maximum Gasteiger partial charge on any atom is 0.333 e. The monoisotopic (exact) mass is 290 g/mol. The van der Waals surface area contributed by atoms with Gasteiger partial charge in [-0.3, -0.25) is 0 Å². The first-order valence-electron chi connectivity index (χ1n) is 6.36. The van der Waals surface area contributed by atoms with Gasteiger partial charge in [0, 0.05) is 18.8 Å². The highest BCUT2D eigenvalue weighted by molar-refractivity contribution is 6.29. The van der Waals surface area contributed by atoms with Gasteiger partial charge in [0.1, 0.15) is 11.8 Å². The van der Waals surface area contributed by atoms with Crippen LogP contribution in [0.2, 0.25) is 5.15 Å². The molecule has 0 bridgehead atoms. The summed E-state index contributed by atoms with van der Waals surface area (Å²) in [5.74, 6) is -0.686. The van der Waals surface area contributed by atoms with Crippen molar-refractivity contribution in [1.29, 1.82) is 0 Å². The van der Waals surface area contributed by atoms with Gasteiger partial charge in [-0.1, -0.05) is 17.7 Å². The molecule has 0 N–H and O–H groups in total.